The summed E-state index contributed by atoms with van der Waals surface area (Å²) >= 11 is 0. The topological polar surface area (TPSA) is 59.6 Å². The van der Waals surface area contributed by atoms with Gasteiger partial charge in [0.15, 0.2) is 0 Å². The maximum absolute atomic E-state index is 11.8. The van der Waals surface area contributed by atoms with Crippen LogP contribution in [-0.2, 0) is 15.9 Å². The summed E-state index contributed by atoms with van der Waals surface area (Å²) < 4.78 is 10.7. The van der Waals surface area contributed by atoms with Crippen molar-refractivity contribution in [3.05, 3.63) is 29.8 Å². The molecule has 2 amide bonds. The lowest BCUT2D eigenvalue weighted by Gasteiger charge is -2.23. The molecular formula is C14H20N2O3. The maximum atomic E-state index is 11.8. The number of anilines is 1. The van der Waals surface area contributed by atoms with Crippen molar-refractivity contribution in [3.63, 3.8) is 0 Å². The molecule has 104 valence electrons. The standard InChI is InChI=1S/C14H20N2O3/c1-2-11-5-3-4-6-13(11)16-14(17)15-9-12-10-18-7-8-19-12/h3-6,12H,2,7-10H2,1H3,(H2,15,16,17)/t12-/m0/s1. The number of rotatable bonds is 4. The zero-order chi connectivity index (χ0) is 13.5. The maximum Gasteiger partial charge on any atom is 0.319 e. The zero-order valence-corrected chi connectivity index (χ0v) is 11.1. The molecule has 1 aliphatic rings. The third-order valence-corrected chi connectivity index (χ3v) is 3.02. The van der Waals surface area contributed by atoms with E-state index in [2.05, 4.69) is 17.6 Å². The van der Waals surface area contributed by atoms with E-state index in [1.54, 1.807) is 0 Å². The van der Waals surface area contributed by atoms with Gasteiger partial charge in [-0.3, -0.25) is 0 Å². The van der Waals surface area contributed by atoms with Gasteiger partial charge in [-0.1, -0.05) is 25.1 Å². The van der Waals surface area contributed by atoms with Crippen molar-refractivity contribution >= 4 is 11.7 Å². The Bertz CT molecular complexity index is 417. The van der Waals surface area contributed by atoms with Crippen LogP contribution in [0.15, 0.2) is 24.3 Å². The van der Waals surface area contributed by atoms with Crippen molar-refractivity contribution in [2.75, 3.05) is 31.7 Å². The third-order valence-electron chi connectivity index (χ3n) is 3.02. The molecule has 0 bridgehead atoms. The Kier molecular flexibility index (Phi) is 5.18. The Morgan fingerprint density at radius 1 is 1.37 bits per heavy atom. The Hall–Kier alpha value is -1.59. The number of para-hydroxylation sites is 1. The first-order chi connectivity index (χ1) is 9.29. The van der Waals surface area contributed by atoms with Crippen LogP contribution in [0.5, 0.6) is 0 Å². The minimum Gasteiger partial charge on any atom is -0.376 e. The first-order valence-corrected chi connectivity index (χ1v) is 6.61. The van der Waals surface area contributed by atoms with Crippen LogP contribution in [0.25, 0.3) is 0 Å². The van der Waals surface area contributed by atoms with Crippen LogP contribution in [0.3, 0.4) is 0 Å². The van der Waals surface area contributed by atoms with Gasteiger partial charge in [0.2, 0.25) is 0 Å². The van der Waals surface area contributed by atoms with Gasteiger partial charge in [0.1, 0.15) is 0 Å². The molecule has 5 nitrogen and oxygen atoms in total. The predicted octanol–water partition coefficient (Wildman–Crippen LogP) is 1.79. The fraction of sp³-hybridized carbons (Fsp3) is 0.500. The van der Waals surface area contributed by atoms with E-state index in [9.17, 15) is 4.79 Å². The number of hydrogen-bond donors (Lipinski definition) is 2. The largest absolute Gasteiger partial charge is 0.376 e. The summed E-state index contributed by atoms with van der Waals surface area (Å²) in [5.41, 5.74) is 1.97. The second-order valence-corrected chi connectivity index (χ2v) is 4.41. The Morgan fingerprint density at radius 2 is 2.21 bits per heavy atom. The summed E-state index contributed by atoms with van der Waals surface area (Å²) in [5, 5.41) is 5.65. The summed E-state index contributed by atoms with van der Waals surface area (Å²) in [6.07, 6.45) is 0.830. The molecule has 0 aliphatic carbocycles. The van der Waals surface area contributed by atoms with Crippen LogP contribution < -0.4 is 10.6 Å². The summed E-state index contributed by atoms with van der Waals surface area (Å²) in [4.78, 5) is 11.8. The van der Waals surface area contributed by atoms with E-state index >= 15 is 0 Å². The van der Waals surface area contributed by atoms with Gasteiger partial charge in [-0.25, -0.2) is 4.79 Å². The SMILES string of the molecule is CCc1ccccc1NC(=O)NC[C@H]1COCCO1. The highest BCUT2D eigenvalue weighted by molar-refractivity contribution is 5.90. The quantitative estimate of drug-likeness (QED) is 0.871. The predicted molar refractivity (Wildman–Crippen MR) is 73.4 cm³/mol. The highest BCUT2D eigenvalue weighted by atomic mass is 16.6. The van der Waals surface area contributed by atoms with E-state index in [1.165, 1.54) is 0 Å². The molecule has 0 aromatic heterocycles. The molecule has 0 unspecified atom stereocenters. The molecule has 0 radical (unpaired) electrons. The molecular weight excluding hydrogens is 244 g/mol. The molecule has 1 heterocycles. The molecule has 19 heavy (non-hydrogen) atoms. The number of amides is 2. The van der Waals surface area contributed by atoms with Gasteiger partial charge in [0.25, 0.3) is 0 Å². The fourth-order valence-electron chi connectivity index (χ4n) is 1.98. The number of carbonyl (C=O) groups is 1. The number of urea groups is 1. The average Bonchev–Trinajstić information content (AvgIpc) is 2.47. The van der Waals surface area contributed by atoms with Crippen molar-refractivity contribution in [1.29, 1.82) is 0 Å². The van der Waals surface area contributed by atoms with Crippen molar-refractivity contribution in [2.45, 2.75) is 19.4 Å². The average molecular weight is 264 g/mol. The van der Waals surface area contributed by atoms with E-state index < -0.39 is 0 Å². The van der Waals surface area contributed by atoms with E-state index in [0.717, 1.165) is 17.7 Å². The molecule has 2 rings (SSSR count). The summed E-state index contributed by atoms with van der Waals surface area (Å²) in [6.45, 7) is 4.27. The van der Waals surface area contributed by atoms with Crippen LogP contribution in [0.1, 0.15) is 12.5 Å². The minimum atomic E-state index is -0.213. The molecule has 2 N–H and O–H groups in total. The van der Waals surface area contributed by atoms with Crippen LogP contribution in [0.4, 0.5) is 10.5 Å². The monoisotopic (exact) mass is 264 g/mol. The molecule has 5 heteroatoms. The number of benzene rings is 1. The highest BCUT2D eigenvalue weighted by Gasteiger charge is 2.15. The summed E-state index contributed by atoms with van der Waals surface area (Å²) in [5.74, 6) is 0. The minimum absolute atomic E-state index is 0.0547. The van der Waals surface area contributed by atoms with Gasteiger partial charge < -0.3 is 20.1 Å². The van der Waals surface area contributed by atoms with Gasteiger partial charge >= 0.3 is 6.03 Å². The van der Waals surface area contributed by atoms with Crippen molar-refractivity contribution in [1.82, 2.24) is 5.32 Å². The fourth-order valence-corrected chi connectivity index (χ4v) is 1.98. The molecule has 1 atom stereocenters. The molecule has 1 aromatic carbocycles. The van der Waals surface area contributed by atoms with Gasteiger partial charge in [-0.15, -0.1) is 0 Å². The smallest absolute Gasteiger partial charge is 0.319 e. The normalized spacial score (nSPS) is 18.9. The Morgan fingerprint density at radius 3 is 2.95 bits per heavy atom. The first-order valence-electron chi connectivity index (χ1n) is 6.61. The number of ether oxygens (including phenoxy) is 2. The first kappa shape index (κ1) is 13.8. The van der Waals surface area contributed by atoms with Crippen molar-refractivity contribution < 1.29 is 14.3 Å². The van der Waals surface area contributed by atoms with Crippen LogP contribution in [0, 0.1) is 0 Å². The van der Waals surface area contributed by atoms with Gasteiger partial charge in [0.05, 0.1) is 25.9 Å². The van der Waals surface area contributed by atoms with Gasteiger partial charge in [-0.2, -0.15) is 0 Å². The third kappa shape index (κ3) is 4.22. The summed E-state index contributed by atoms with van der Waals surface area (Å²) in [7, 11) is 0. The van der Waals surface area contributed by atoms with E-state index in [1.807, 2.05) is 24.3 Å². The molecule has 1 saturated heterocycles. The molecule has 1 fully saturated rings. The lowest BCUT2D eigenvalue weighted by Crippen LogP contribution is -2.41. The van der Waals surface area contributed by atoms with E-state index in [0.29, 0.717) is 26.4 Å². The lowest BCUT2D eigenvalue weighted by atomic mass is 10.1. The lowest BCUT2D eigenvalue weighted by molar-refractivity contribution is -0.0852. The zero-order valence-electron chi connectivity index (χ0n) is 11.1. The van der Waals surface area contributed by atoms with Crippen LogP contribution >= 0.6 is 0 Å². The number of aryl methyl sites for hydroxylation is 1. The van der Waals surface area contributed by atoms with Gasteiger partial charge in [0, 0.05) is 12.2 Å². The number of hydrogen-bond acceptors (Lipinski definition) is 3. The van der Waals surface area contributed by atoms with Gasteiger partial charge in [-0.05, 0) is 18.1 Å². The number of carbonyl (C=O) groups excluding carboxylic acids is 1. The van der Waals surface area contributed by atoms with E-state index in [-0.39, 0.29) is 12.1 Å². The molecule has 1 aliphatic heterocycles. The van der Waals surface area contributed by atoms with Crippen LogP contribution in [0.2, 0.25) is 0 Å². The summed E-state index contributed by atoms with van der Waals surface area (Å²) in [6, 6.07) is 7.57. The van der Waals surface area contributed by atoms with Crippen molar-refractivity contribution in [2.24, 2.45) is 0 Å². The van der Waals surface area contributed by atoms with Crippen LogP contribution in [-0.4, -0.2) is 38.5 Å². The Labute approximate surface area is 113 Å². The molecule has 0 spiro atoms. The van der Waals surface area contributed by atoms with E-state index in [4.69, 9.17) is 9.47 Å². The molecule has 1 aromatic rings. The second kappa shape index (κ2) is 7.11. The molecule has 0 saturated carbocycles. The second-order valence-electron chi connectivity index (χ2n) is 4.41. The van der Waals surface area contributed by atoms with Crippen molar-refractivity contribution in [3.8, 4) is 0 Å². The number of nitrogens with one attached hydrogen (secondary N) is 2. The highest BCUT2D eigenvalue weighted by Crippen LogP contribution is 2.15. The Balaban J connectivity index is 1.80.